The van der Waals surface area contributed by atoms with Crippen molar-refractivity contribution in [3.8, 4) is 0 Å². The predicted molar refractivity (Wildman–Crippen MR) is 67.9 cm³/mol. The van der Waals surface area contributed by atoms with Gasteiger partial charge in [-0.3, -0.25) is 9.59 Å². The summed E-state index contributed by atoms with van der Waals surface area (Å²) in [5, 5.41) is 2.53. The van der Waals surface area contributed by atoms with Gasteiger partial charge in [-0.05, 0) is 24.3 Å². The van der Waals surface area contributed by atoms with Crippen LogP contribution < -0.4 is 11.1 Å². The zero-order valence-electron chi connectivity index (χ0n) is 9.84. The molecule has 0 spiro atoms. The molecule has 0 aliphatic rings. The molecule has 1 aromatic carbocycles. The van der Waals surface area contributed by atoms with Crippen molar-refractivity contribution in [2.75, 3.05) is 17.3 Å². The van der Waals surface area contributed by atoms with Crippen molar-refractivity contribution in [3.63, 3.8) is 0 Å². The Labute approximate surface area is 105 Å². The van der Waals surface area contributed by atoms with Gasteiger partial charge in [0.05, 0.1) is 5.75 Å². The molecule has 0 saturated heterocycles. The van der Waals surface area contributed by atoms with Crippen LogP contribution in [0.2, 0.25) is 0 Å². The molecule has 0 saturated carbocycles. The Morgan fingerprint density at radius 3 is 2.22 bits per heavy atom. The van der Waals surface area contributed by atoms with Crippen LogP contribution in [0.1, 0.15) is 16.8 Å². The Balaban J connectivity index is 2.57. The summed E-state index contributed by atoms with van der Waals surface area (Å²) in [4.78, 5) is 22.2. The van der Waals surface area contributed by atoms with Crippen LogP contribution in [0.4, 0.5) is 5.69 Å². The second kappa shape index (κ2) is 5.63. The second-order valence-electron chi connectivity index (χ2n) is 3.87. The molecule has 0 aromatic heterocycles. The number of sulfone groups is 1. The maximum atomic E-state index is 11.4. The van der Waals surface area contributed by atoms with E-state index >= 15 is 0 Å². The molecule has 0 heterocycles. The van der Waals surface area contributed by atoms with Crippen molar-refractivity contribution < 1.29 is 18.0 Å². The Bertz CT molecular complexity index is 549. The molecule has 0 fully saturated rings. The van der Waals surface area contributed by atoms with E-state index in [1.54, 1.807) is 0 Å². The number of anilines is 1. The lowest BCUT2D eigenvalue weighted by Crippen LogP contribution is -2.16. The third-order valence-corrected chi connectivity index (χ3v) is 3.10. The molecule has 0 atom stereocenters. The van der Waals surface area contributed by atoms with Crippen LogP contribution in [0.5, 0.6) is 0 Å². The fourth-order valence-electron chi connectivity index (χ4n) is 1.22. The normalized spacial score (nSPS) is 10.9. The Kier molecular flexibility index (Phi) is 4.43. The Morgan fingerprint density at radius 2 is 1.78 bits per heavy atom. The zero-order valence-corrected chi connectivity index (χ0v) is 10.7. The van der Waals surface area contributed by atoms with Crippen molar-refractivity contribution in [2.45, 2.75) is 6.42 Å². The molecule has 0 bridgehead atoms. The third-order valence-electron chi connectivity index (χ3n) is 2.15. The van der Waals surface area contributed by atoms with Gasteiger partial charge in [-0.2, -0.15) is 0 Å². The first-order chi connectivity index (χ1) is 8.28. The van der Waals surface area contributed by atoms with E-state index < -0.39 is 21.7 Å². The minimum Gasteiger partial charge on any atom is -0.366 e. The van der Waals surface area contributed by atoms with Crippen molar-refractivity contribution >= 4 is 27.3 Å². The van der Waals surface area contributed by atoms with Crippen molar-refractivity contribution in [1.29, 1.82) is 0 Å². The van der Waals surface area contributed by atoms with E-state index in [1.165, 1.54) is 24.3 Å². The van der Waals surface area contributed by atoms with Crippen LogP contribution >= 0.6 is 0 Å². The zero-order chi connectivity index (χ0) is 13.8. The van der Waals surface area contributed by atoms with E-state index in [9.17, 15) is 18.0 Å². The van der Waals surface area contributed by atoms with E-state index in [-0.39, 0.29) is 12.2 Å². The summed E-state index contributed by atoms with van der Waals surface area (Å²) in [5.41, 5.74) is 5.89. The average molecular weight is 270 g/mol. The number of carbonyl (C=O) groups is 2. The van der Waals surface area contributed by atoms with Crippen LogP contribution in [0.3, 0.4) is 0 Å². The van der Waals surface area contributed by atoms with Crippen LogP contribution in [0, 0.1) is 0 Å². The van der Waals surface area contributed by atoms with Gasteiger partial charge in [0.2, 0.25) is 11.8 Å². The Hall–Kier alpha value is -1.89. The van der Waals surface area contributed by atoms with Crippen molar-refractivity contribution in [3.05, 3.63) is 29.8 Å². The van der Waals surface area contributed by atoms with Gasteiger partial charge < -0.3 is 11.1 Å². The predicted octanol–water partition coefficient (Wildman–Crippen LogP) is 0.159. The highest BCUT2D eigenvalue weighted by molar-refractivity contribution is 7.90. The highest BCUT2D eigenvalue weighted by Gasteiger charge is 2.08. The summed E-state index contributed by atoms with van der Waals surface area (Å²) in [5.74, 6) is -1.14. The standard InChI is InChI=1S/C11H14N2O4S/c1-18(16,17)7-6-10(14)13-9-4-2-8(3-5-9)11(12)15/h2-5H,6-7H2,1H3,(H2,12,15)(H,13,14). The summed E-state index contributed by atoms with van der Waals surface area (Å²) in [6, 6.07) is 6.01. The molecular weight excluding hydrogens is 256 g/mol. The minimum absolute atomic E-state index is 0.101. The number of hydrogen-bond acceptors (Lipinski definition) is 4. The first-order valence-corrected chi connectivity index (χ1v) is 7.21. The first kappa shape index (κ1) is 14.2. The van der Waals surface area contributed by atoms with Gasteiger partial charge >= 0.3 is 0 Å². The lowest BCUT2D eigenvalue weighted by Gasteiger charge is -2.05. The lowest BCUT2D eigenvalue weighted by molar-refractivity contribution is -0.115. The molecular formula is C11H14N2O4S. The van der Waals surface area contributed by atoms with E-state index in [0.29, 0.717) is 11.3 Å². The van der Waals surface area contributed by atoms with Crippen molar-refractivity contribution in [2.24, 2.45) is 5.73 Å². The minimum atomic E-state index is -3.15. The number of nitrogens with one attached hydrogen (secondary N) is 1. The van der Waals surface area contributed by atoms with Gasteiger partial charge in [0.25, 0.3) is 0 Å². The maximum Gasteiger partial charge on any atom is 0.248 e. The quantitative estimate of drug-likeness (QED) is 0.794. The number of nitrogens with two attached hydrogens (primary N) is 1. The van der Waals surface area contributed by atoms with Crippen LogP contribution in [-0.2, 0) is 14.6 Å². The first-order valence-electron chi connectivity index (χ1n) is 5.15. The lowest BCUT2D eigenvalue weighted by atomic mass is 10.2. The number of benzene rings is 1. The van der Waals surface area contributed by atoms with E-state index in [1.807, 2.05) is 0 Å². The number of amides is 2. The number of carbonyl (C=O) groups excluding carboxylic acids is 2. The van der Waals surface area contributed by atoms with Gasteiger partial charge in [-0.25, -0.2) is 8.42 Å². The van der Waals surface area contributed by atoms with Crippen LogP contribution in [0.25, 0.3) is 0 Å². The fraction of sp³-hybridized carbons (Fsp3) is 0.273. The molecule has 6 nitrogen and oxygen atoms in total. The summed E-state index contributed by atoms with van der Waals surface area (Å²) < 4.78 is 21.8. The van der Waals surface area contributed by atoms with Crippen LogP contribution in [-0.4, -0.2) is 32.2 Å². The van der Waals surface area contributed by atoms with Gasteiger partial charge in [0, 0.05) is 23.9 Å². The van der Waals surface area contributed by atoms with Crippen LogP contribution in [0.15, 0.2) is 24.3 Å². The van der Waals surface area contributed by atoms with E-state index in [0.717, 1.165) is 6.26 Å². The molecule has 1 rings (SSSR count). The molecule has 0 unspecified atom stereocenters. The van der Waals surface area contributed by atoms with Gasteiger partial charge in [0.15, 0.2) is 0 Å². The van der Waals surface area contributed by atoms with Crippen molar-refractivity contribution in [1.82, 2.24) is 0 Å². The van der Waals surface area contributed by atoms with E-state index in [2.05, 4.69) is 5.32 Å². The molecule has 0 aliphatic carbocycles. The van der Waals surface area contributed by atoms with Gasteiger partial charge in [-0.15, -0.1) is 0 Å². The van der Waals surface area contributed by atoms with E-state index in [4.69, 9.17) is 5.73 Å². The monoisotopic (exact) mass is 270 g/mol. The fourth-order valence-corrected chi connectivity index (χ4v) is 1.78. The second-order valence-corrected chi connectivity index (χ2v) is 6.13. The Morgan fingerprint density at radius 1 is 1.22 bits per heavy atom. The summed E-state index contributed by atoms with van der Waals surface area (Å²) in [6.07, 6.45) is 0.971. The van der Waals surface area contributed by atoms with Gasteiger partial charge in [0.1, 0.15) is 9.84 Å². The topological polar surface area (TPSA) is 106 Å². The molecule has 3 N–H and O–H groups in total. The number of primary amides is 1. The SMILES string of the molecule is CS(=O)(=O)CCC(=O)Nc1ccc(C(N)=O)cc1. The molecule has 2 amide bonds. The maximum absolute atomic E-state index is 11.4. The summed E-state index contributed by atoms with van der Waals surface area (Å²) in [7, 11) is -3.15. The number of rotatable bonds is 5. The van der Waals surface area contributed by atoms with Gasteiger partial charge in [-0.1, -0.05) is 0 Å². The highest BCUT2D eigenvalue weighted by Crippen LogP contribution is 2.09. The average Bonchev–Trinajstić information content (AvgIpc) is 2.26. The smallest absolute Gasteiger partial charge is 0.248 e. The summed E-state index contributed by atoms with van der Waals surface area (Å²) in [6.45, 7) is 0. The third kappa shape index (κ3) is 4.96. The molecule has 1 aromatic rings. The molecule has 0 aliphatic heterocycles. The largest absolute Gasteiger partial charge is 0.366 e. The highest BCUT2D eigenvalue weighted by atomic mass is 32.2. The number of hydrogen-bond donors (Lipinski definition) is 2. The molecule has 0 radical (unpaired) electrons. The molecule has 98 valence electrons. The summed E-state index contributed by atoms with van der Waals surface area (Å²) >= 11 is 0. The molecule has 18 heavy (non-hydrogen) atoms. The molecule has 7 heteroatoms.